The lowest BCUT2D eigenvalue weighted by Crippen LogP contribution is -2.40. The van der Waals surface area contributed by atoms with Gasteiger partial charge in [-0.15, -0.1) is 12.4 Å². The highest BCUT2D eigenvalue weighted by molar-refractivity contribution is 7.92. The summed E-state index contributed by atoms with van der Waals surface area (Å²) >= 11 is 0. The van der Waals surface area contributed by atoms with E-state index >= 15 is 0 Å². The van der Waals surface area contributed by atoms with Gasteiger partial charge < -0.3 is 11.1 Å². The predicted molar refractivity (Wildman–Crippen MR) is 107 cm³/mol. The summed E-state index contributed by atoms with van der Waals surface area (Å²) in [5.41, 5.74) is 6.76. The van der Waals surface area contributed by atoms with Crippen molar-refractivity contribution >= 4 is 39.7 Å². The Morgan fingerprint density at radius 2 is 1.69 bits per heavy atom. The highest BCUT2D eigenvalue weighted by Crippen LogP contribution is 2.19. The number of benzene rings is 2. The van der Waals surface area contributed by atoms with E-state index < -0.39 is 16.1 Å². The summed E-state index contributed by atoms with van der Waals surface area (Å²) in [5, 5.41) is 2.68. The number of carbonyl (C=O) groups excluding carboxylic acids is 1. The number of anilines is 2. The van der Waals surface area contributed by atoms with Crippen LogP contribution in [0, 0.1) is 5.92 Å². The molecule has 2 aromatic carbocycles. The van der Waals surface area contributed by atoms with E-state index in [1.54, 1.807) is 42.5 Å². The summed E-state index contributed by atoms with van der Waals surface area (Å²) in [6, 6.07) is 14.0. The highest BCUT2D eigenvalue weighted by atomic mass is 35.5. The zero-order chi connectivity index (χ0) is 18.4. The topological polar surface area (TPSA) is 101 Å². The molecule has 0 spiro atoms. The lowest BCUT2D eigenvalue weighted by Gasteiger charge is -2.18. The van der Waals surface area contributed by atoms with Crippen LogP contribution >= 0.6 is 12.4 Å². The summed E-state index contributed by atoms with van der Waals surface area (Å²) < 4.78 is 27.5. The van der Waals surface area contributed by atoms with Crippen molar-refractivity contribution in [3.05, 3.63) is 54.6 Å². The molecule has 26 heavy (non-hydrogen) atoms. The molecule has 0 bridgehead atoms. The third-order valence-electron chi connectivity index (χ3n) is 4.00. The van der Waals surface area contributed by atoms with E-state index in [2.05, 4.69) is 10.0 Å². The predicted octanol–water partition coefficient (Wildman–Crippen LogP) is 3.22. The first-order valence-electron chi connectivity index (χ1n) is 8.08. The molecule has 4 N–H and O–H groups in total. The first-order chi connectivity index (χ1) is 11.8. The van der Waals surface area contributed by atoms with Crippen LogP contribution in [0.15, 0.2) is 59.5 Å². The number of nitrogens with one attached hydrogen (secondary N) is 2. The van der Waals surface area contributed by atoms with Gasteiger partial charge in [0, 0.05) is 11.4 Å². The average Bonchev–Trinajstić information content (AvgIpc) is 2.61. The van der Waals surface area contributed by atoms with Crippen molar-refractivity contribution in [3.63, 3.8) is 0 Å². The van der Waals surface area contributed by atoms with Crippen molar-refractivity contribution in [2.45, 2.75) is 31.2 Å². The molecule has 1 amide bonds. The monoisotopic (exact) mass is 397 g/mol. The molecule has 0 aliphatic rings. The molecule has 0 aliphatic carbocycles. The van der Waals surface area contributed by atoms with Gasteiger partial charge in [0.25, 0.3) is 10.0 Å². The number of rotatable bonds is 7. The summed E-state index contributed by atoms with van der Waals surface area (Å²) in [7, 11) is -3.75. The Bertz CT molecular complexity index is 829. The third kappa shape index (κ3) is 5.72. The molecule has 0 heterocycles. The second-order valence-corrected chi connectivity index (χ2v) is 7.58. The lowest BCUT2D eigenvalue weighted by atomic mass is 9.99. The van der Waals surface area contributed by atoms with Gasteiger partial charge in [-0.2, -0.15) is 0 Å². The number of hydrogen-bond donors (Lipinski definition) is 3. The van der Waals surface area contributed by atoms with Crippen LogP contribution in [0.25, 0.3) is 0 Å². The zero-order valence-corrected chi connectivity index (χ0v) is 16.3. The van der Waals surface area contributed by atoms with Gasteiger partial charge in [-0.25, -0.2) is 8.42 Å². The van der Waals surface area contributed by atoms with Gasteiger partial charge in [0.2, 0.25) is 5.91 Å². The van der Waals surface area contributed by atoms with Crippen molar-refractivity contribution in [1.82, 2.24) is 0 Å². The normalized spacial score (nSPS) is 13.2. The van der Waals surface area contributed by atoms with Crippen molar-refractivity contribution < 1.29 is 13.2 Å². The molecule has 0 aliphatic heterocycles. The van der Waals surface area contributed by atoms with Crippen molar-refractivity contribution in [2.24, 2.45) is 11.7 Å². The Morgan fingerprint density at radius 3 is 2.31 bits per heavy atom. The molecule has 2 unspecified atom stereocenters. The highest BCUT2D eigenvalue weighted by Gasteiger charge is 2.20. The van der Waals surface area contributed by atoms with Gasteiger partial charge in [0.05, 0.1) is 10.9 Å². The largest absolute Gasteiger partial charge is 0.325 e. The zero-order valence-electron chi connectivity index (χ0n) is 14.7. The third-order valence-corrected chi connectivity index (χ3v) is 5.38. The first kappa shape index (κ1) is 22.0. The van der Waals surface area contributed by atoms with E-state index in [9.17, 15) is 13.2 Å². The van der Waals surface area contributed by atoms with E-state index in [0.29, 0.717) is 11.4 Å². The van der Waals surface area contributed by atoms with Gasteiger partial charge in [0.1, 0.15) is 0 Å². The van der Waals surface area contributed by atoms with Crippen molar-refractivity contribution in [1.29, 1.82) is 0 Å². The maximum Gasteiger partial charge on any atom is 0.261 e. The van der Waals surface area contributed by atoms with Crippen LogP contribution < -0.4 is 15.8 Å². The van der Waals surface area contributed by atoms with Crippen LogP contribution in [0.2, 0.25) is 0 Å². The Labute approximate surface area is 160 Å². The van der Waals surface area contributed by atoms with Crippen LogP contribution in [-0.4, -0.2) is 20.4 Å². The molecule has 2 aromatic rings. The molecule has 8 heteroatoms. The Kier molecular flexibility index (Phi) is 8.08. The van der Waals surface area contributed by atoms with E-state index in [1.165, 1.54) is 12.1 Å². The quantitative estimate of drug-likeness (QED) is 0.667. The minimum absolute atomic E-state index is 0. The number of nitrogens with two attached hydrogens (primary N) is 1. The smallest absolute Gasteiger partial charge is 0.261 e. The molecule has 6 nitrogen and oxygen atoms in total. The molecule has 0 aromatic heterocycles. The molecule has 2 rings (SSSR count). The second kappa shape index (κ2) is 9.56. The molecule has 142 valence electrons. The lowest BCUT2D eigenvalue weighted by molar-refractivity contribution is -0.118. The summed E-state index contributed by atoms with van der Waals surface area (Å²) in [4.78, 5) is 12.2. The van der Waals surface area contributed by atoms with Gasteiger partial charge in [0.15, 0.2) is 0 Å². The fourth-order valence-corrected chi connectivity index (χ4v) is 3.30. The fourth-order valence-electron chi connectivity index (χ4n) is 2.20. The van der Waals surface area contributed by atoms with Crippen molar-refractivity contribution in [2.75, 3.05) is 10.0 Å². The second-order valence-electron chi connectivity index (χ2n) is 5.90. The first-order valence-corrected chi connectivity index (χ1v) is 9.56. The van der Waals surface area contributed by atoms with Crippen LogP contribution in [0.4, 0.5) is 11.4 Å². The molecule has 0 saturated carbocycles. The maximum atomic E-state index is 12.5. The number of carbonyl (C=O) groups is 1. The Balaban J connectivity index is 0.00000338. The van der Waals surface area contributed by atoms with Crippen LogP contribution in [-0.2, 0) is 14.8 Å². The number of sulfonamides is 1. The van der Waals surface area contributed by atoms with Gasteiger partial charge >= 0.3 is 0 Å². The van der Waals surface area contributed by atoms with Crippen LogP contribution in [0.3, 0.4) is 0 Å². The Morgan fingerprint density at radius 1 is 1.08 bits per heavy atom. The van der Waals surface area contributed by atoms with E-state index in [4.69, 9.17) is 5.73 Å². The van der Waals surface area contributed by atoms with Crippen LogP contribution in [0.5, 0.6) is 0 Å². The Hall–Kier alpha value is -2.09. The summed E-state index contributed by atoms with van der Waals surface area (Å²) in [6.45, 7) is 3.86. The minimum Gasteiger partial charge on any atom is -0.325 e. The molecular weight excluding hydrogens is 374 g/mol. The summed E-state index contributed by atoms with van der Waals surface area (Å²) in [6.07, 6.45) is 0.782. The molecule has 0 radical (unpaired) electrons. The molecule has 2 atom stereocenters. The number of halogens is 1. The average molecular weight is 398 g/mol. The van der Waals surface area contributed by atoms with Gasteiger partial charge in [-0.05, 0) is 36.2 Å². The van der Waals surface area contributed by atoms with Gasteiger partial charge in [-0.1, -0.05) is 44.5 Å². The van der Waals surface area contributed by atoms with Crippen LogP contribution in [0.1, 0.15) is 20.3 Å². The molecule has 0 saturated heterocycles. The number of para-hydroxylation sites is 1. The van der Waals surface area contributed by atoms with E-state index in [0.717, 1.165) is 6.42 Å². The SMILES string of the molecule is CCC(C)C(N)C(=O)Nc1cccc(S(=O)(=O)Nc2ccccc2)c1.Cl. The molecule has 0 fully saturated rings. The number of amides is 1. The van der Waals surface area contributed by atoms with Gasteiger partial charge in [-0.3, -0.25) is 9.52 Å². The minimum atomic E-state index is -3.75. The standard InChI is InChI=1S/C18H23N3O3S.ClH/c1-3-13(2)17(19)18(22)20-15-10-7-11-16(12-15)25(23,24)21-14-8-5-4-6-9-14;/h4-13,17,21H,3,19H2,1-2H3,(H,20,22);1H. The fraction of sp³-hybridized carbons (Fsp3) is 0.278. The number of hydrogen-bond acceptors (Lipinski definition) is 4. The van der Waals surface area contributed by atoms with Crippen molar-refractivity contribution in [3.8, 4) is 0 Å². The van der Waals surface area contributed by atoms with E-state index in [1.807, 2.05) is 13.8 Å². The summed E-state index contributed by atoms with van der Waals surface area (Å²) in [5.74, 6) is -0.299. The molecular formula is C18H24ClN3O3S. The maximum absolute atomic E-state index is 12.5. The van der Waals surface area contributed by atoms with E-state index in [-0.39, 0.29) is 29.1 Å².